The minimum atomic E-state index is -1.04. The molecule has 0 aliphatic carbocycles. The van der Waals surface area contributed by atoms with Gasteiger partial charge in [0.05, 0.1) is 19.8 Å². The molecule has 2 fully saturated rings. The van der Waals surface area contributed by atoms with Crippen molar-refractivity contribution in [2.45, 2.75) is 38.2 Å². The normalized spacial score (nSPS) is 25.8. The highest BCUT2D eigenvalue weighted by atomic mass is 16.5. The minimum Gasteiger partial charge on any atom is -0.384 e. The van der Waals surface area contributed by atoms with Crippen molar-refractivity contribution in [2.24, 2.45) is 0 Å². The van der Waals surface area contributed by atoms with E-state index in [4.69, 9.17) is 9.26 Å². The van der Waals surface area contributed by atoms with Crippen molar-refractivity contribution in [2.75, 3.05) is 45.9 Å². The summed E-state index contributed by atoms with van der Waals surface area (Å²) >= 11 is 0. The average molecular weight is 337 g/mol. The van der Waals surface area contributed by atoms with Gasteiger partial charge in [-0.05, 0) is 32.4 Å². The van der Waals surface area contributed by atoms with Gasteiger partial charge in [0.2, 0.25) is 0 Å². The highest BCUT2D eigenvalue weighted by Gasteiger charge is 2.37. The summed E-state index contributed by atoms with van der Waals surface area (Å²) in [6.07, 6.45) is 4.04. The maximum atomic E-state index is 12.7. The van der Waals surface area contributed by atoms with Crippen molar-refractivity contribution in [1.29, 1.82) is 0 Å². The fraction of sp³-hybridized carbons (Fsp3) is 0.765. The molecule has 1 N–H and O–H groups in total. The molecular weight excluding hydrogens is 310 g/mol. The zero-order chi connectivity index (χ0) is 17.0. The number of aliphatic hydroxyl groups is 1. The lowest BCUT2D eigenvalue weighted by Gasteiger charge is -2.33. The van der Waals surface area contributed by atoms with Crippen LogP contribution in [0.4, 0.5) is 0 Å². The van der Waals surface area contributed by atoms with Gasteiger partial charge in [0.1, 0.15) is 11.4 Å². The largest absolute Gasteiger partial charge is 0.384 e. The molecule has 134 valence electrons. The highest BCUT2D eigenvalue weighted by molar-refractivity contribution is 5.92. The maximum absolute atomic E-state index is 12.7. The van der Waals surface area contributed by atoms with Crippen LogP contribution in [-0.2, 0) is 11.2 Å². The smallest absolute Gasteiger partial charge is 0.276 e. The van der Waals surface area contributed by atoms with Crippen LogP contribution in [-0.4, -0.2) is 77.5 Å². The summed E-state index contributed by atoms with van der Waals surface area (Å²) < 4.78 is 10.8. The number of amides is 1. The Morgan fingerprint density at radius 1 is 1.38 bits per heavy atom. The number of carbonyl (C=O) groups is 1. The minimum absolute atomic E-state index is 0.202. The molecule has 1 aromatic rings. The number of rotatable bonds is 5. The predicted octanol–water partition coefficient (Wildman–Crippen LogP) is 0.926. The number of aromatic nitrogens is 1. The van der Waals surface area contributed by atoms with E-state index >= 15 is 0 Å². The van der Waals surface area contributed by atoms with Gasteiger partial charge >= 0.3 is 0 Å². The van der Waals surface area contributed by atoms with Gasteiger partial charge in [0.25, 0.3) is 5.91 Å². The molecule has 0 radical (unpaired) electrons. The first-order valence-electron chi connectivity index (χ1n) is 8.87. The van der Waals surface area contributed by atoms with Crippen molar-refractivity contribution >= 4 is 5.91 Å². The first kappa shape index (κ1) is 17.4. The van der Waals surface area contributed by atoms with Crippen LogP contribution >= 0.6 is 0 Å². The van der Waals surface area contributed by atoms with E-state index in [-0.39, 0.29) is 19.1 Å². The Labute approximate surface area is 142 Å². The molecule has 0 bridgehead atoms. The molecule has 1 amide bonds. The molecule has 2 saturated heterocycles. The monoisotopic (exact) mass is 337 g/mol. The number of ether oxygens (including phenoxy) is 1. The summed E-state index contributed by atoms with van der Waals surface area (Å²) in [4.78, 5) is 16.6. The van der Waals surface area contributed by atoms with Crippen molar-refractivity contribution in [3.05, 3.63) is 17.5 Å². The van der Waals surface area contributed by atoms with E-state index in [9.17, 15) is 9.90 Å². The maximum Gasteiger partial charge on any atom is 0.276 e. The van der Waals surface area contributed by atoms with Crippen molar-refractivity contribution < 1.29 is 19.2 Å². The molecule has 24 heavy (non-hydrogen) atoms. The third-order valence-electron chi connectivity index (χ3n) is 4.64. The van der Waals surface area contributed by atoms with Crippen LogP contribution in [0.5, 0.6) is 0 Å². The number of carbonyl (C=O) groups excluding carboxylic acids is 1. The lowest BCUT2D eigenvalue weighted by Crippen LogP contribution is -2.53. The summed E-state index contributed by atoms with van der Waals surface area (Å²) in [7, 11) is 0. The summed E-state index contributed by atoms with van der Waals surface area (Å²) in [5.74, 6) is 0.519. The number of hydrogen-bond acceptors (Lipinski definition) is 6. The van der Waals surface area contributed by atoms with Crippen LogP contribution in [0.3, 0.4) is 0 Å². The SMILES string of the molecule is CCCc1cc(C(=O)N2CCOC[C@](O)(CN3CCCC3)C2)no1. The van der Waals surface area contributed by atoms with Crippen LogP contribution in [0.25, 0.3) is 0 Å². The fourth-order valence-electron chi connectivity index (χ4n) is 3.48. The molecular formula is C17H27N3O4. The van der Waals surface area contributed by atoms with Gasteiger partial charge in [0.15, 0.2) is 5.69 Å². The first-order chi connectivity index (χ1) is 11.6. The molecule has 2 aliphatic rings. The number of likely N-dealkylation sites (tertiary alicyclic amines) is 1. The molecule has 7 nitrogen and oxygen atoms in total. The number of β-amino-alcohol motifs (C(OH)–C–C–N with tert-alkyl or cyclic N) is 1. The van der Waals surface area contributed by atoms with E-state index in [1.807, 2.05) is 0 Å². The molecule has 0 unspecified atom stereocenters. The number of hydrogen-bond donors (Lipinski definition) is 1. The van der Waals surface area contributed by atoms with Gasteiger partial charge in [0, 0.05) is 25.6 Å². The third kappa shape index (κ3) is 4.15. The Bertz CT molecular complexity index is 556. The molecule has 1 atom stereocenters. The van der Waals surface area contributed by atoms with E-state index in [0.717, 1.165) is 31.7 Å². The van der Waals surface area contributed by atoms with Crippen LogP contribution in [0, 0.1) is 0 Å². The van der Waals surface area contributed by atoms with Crippen LogP contribution in [0.1, 0.15) is 42.4 Å². The Morgan fingerprint density at radius 2 is 2.17 bits per heavy atom. The second-order valence-electron chi connectivity index (χ2n) is 6.92. The molecule has 0 saturated carbocycles. The quantitative estimate of drug-likeness (QED) is 0.861. The molecule has 3 rings (SSSR count). The van der Waals surface area contributed by atoms with Gasteiger partial charge in [-0.2, -0.15) is 0 Å². The molecule has 0 aromatic carbocycles. The van der Waals surface area contributed by atoms with E-state index in [1.165, 1.54) is 12.8 Å². The lowest BCUT2D eigenvalue weighted by molar-refractivity contribution is -0.0524. The van der Waals surface area contributed by atoms with Gasteiger partial charge in [-0.25, -0.2) is 0 Å². The summed E-state index contributed by atoms with van der Waals surface area (Å²) in [5, 5.41) is 14.9. The van der Waals surface area contributed by atoms with Crippen LogP contribution < -0.4 is 0 Å². The van der Waals surface area contributed by atoms with E-state index < -0.39 is 5.60 Å². The molecule has 7 heteroatoms. The Kier molecular flexibility index (Phi) is 5.53. The second kappa shape index (κ2) is 7.63. The topological polar surface area (TPSA) is 79.0 Å². The van der Waals surface area contributed by atoms with Gasteiger partial charge in [-0.15, -0.1) is 0 Å². The van der Waals surface area contributed by atoms with Crippen LogP contribution in [0.15, 0.2) is 10.6 Å². The fourth-order valence-corrected chi connectivity index (χ4v) is 3.48. The Morgan fingerprint density at radius 3 is 2.92 bits per heavy atom. The zero-order valence-corrected chi connectivity index (χ0v) is 14.4. The van der Waals surface area contributed by atoms with Gasteiger partial charge in [-0.1, -0.05) is 12.1 Å². The average Bonchev–Trinajstić information content (AvgIpc) is 3.18. The molecule has 1 aromatic heterocycles. The molecule has 2 aliphatic heterocycles. The number of aryl methyl sites for hydroxylation is 1. The van der Waals surface area contributed by atoms with Crippen molar-refractivity contribution in [3.8, 4) is 0 Å². The summed E-state index contributed by atoms with van der Waals surface area (Å²) in [5.41, 5.74) is -0.726. The second-order valence-corrected chi connectivity index (χ2v) is 6.92. The van der Waals surface area contributed by atoms with Crippen LogP contribution in [0.2, 0.25) is 0 Å². The van der Waals surface area contributed by atoms with Crippen molar-refractivity contribution in [1.82, 2.24) is 15.0 Å². The molecule has 3 heterocycles. The zero-order valence-electron chi connectivity index (χ0n) is 14.4. The molecule has 0 spiro atoms. The van der Waals surface area contributed by atoms with Gasteiger partial charge < -0.3 is 24.2 Å². The Hall–Kier alpha value is -1.44. The standard InChI is InChI=1S/C17H27N3O4/c1-2-5-14-10-15(18-24-14)16(21)20-8-9-23-13-17(22,12-20)11-19-6-3-4-7-19/h10,22H,2-9,11-13H2,1H3/t17-/m0/s1. The van der Waals surface area contributed by atoms with E-state index in [0.29, 0.717) is 25.4 Å². The summed E-state index contributed by atoms with van der Waals surface area (Å²) in [6, 6.07) is 1.71. The predicted molar refractivity (Wildman–Crippen MR) is 87.8 cm³/mol. The third-order valence-corrected chi connectivity index (χ3v) is 4.64. The first-order valence-corrected chi connectivity index (χ1v) is 8.87. The number of nitrogens with zero attached hydrogens (tertiary/aromatic N) is 3. The summed E-state index contributed by atoms with van der Waals surface area (Å²) in [6.45, 7) is 5.99. The highest BCUT2D eigenvalue weighted by Crippen LogP contribution is 2.19. The lowest BCUT2D eigenvalue weighted by atomic mass is 10.0. The Balaban J connectivity index is 1.67. The van der Waals surface area contributed by atoms with E-state index in [2.05, 4.69) is 17.0 Å². The van der Waals surface area contributed by atoms with Gasteiger partial charge in [-0.3, -0.25) is 4.79 Å². The van der Waals surface area contributed by atoms with E-state index in [1.54, 1.807) is 11.0 Å². The van der Waals surface area contributed by atoms with Crippen molar-refractivity contribution in [3.63, 3.8) is 0 Å².